The monoisotopic (exact) mass is 167 g/mol. The van der Waals surface area contributed by atoms with E-state index in [9.17, 15) is 0 Å². The van der Waals surface area contributed by atoms with Crippen molar-refractivity contribution in [2.75, 3.05) is 13.7 Å². The van der Waals surface area contributed by atoms with Crippen LogP contribution in [0.25, 0.3) is 0 Å². The second-order valence-corrected chi connectivity index (χ2v) is 3.69. The van der Waals surface area contributed by atoms with Gasteiger partial charge in [-0.05, 0) is 39.3 Å². The van der Waals surface area contributed by atoms with Crippen molar-refractivity contribution in [1.29, 1.82) is 0 Å². The number of hydrogen-bond donors (Lipinski definition) is 0. The van der Waals surface area contributed by atoms with Crippen LogP contribution in [0.5, 0.6) is 0 Å². The van der Waals surface area contributed by atoms with E-state index >= 15 is 0 Å². The summed E-state index contributed by atoms with van der Waals surface area (Å²) in [6, 6.07) is 1.38. The van der Waals surface area contributed by atoms with Gasteiger partial charge in [0.15, 0.2) is 0 Å². The first-order valence-corrected chi connectivity index (χ1v) is 4.87. The Morgan fingerprint density at radius 2 is 2.42 bits per heavy atom. The summed E-state index contributed by atoms with van der Waals surface area (Å²) in [6.45, 7) is 2.86. The Labute approximate surface area is 74.2 Å². The van der Waals surface area contributed by atoms with Gasteiger partial charge in [-0.2, -0.15) is 0 Å². The molecule has 0 aromatic heterocycles. The van der Waals surface area contributed by atoms with Crippen molar-refractivity contribution in [3.8, 4) is 0 Å². The highest BCUT2D eigenvalue weighted by Gasteiger charge is 2.36. The molecule has 0 unspecified atom stereocenters. The summed E-state index contributed by atoms with van der Waals surface area (Å²) in [4.78, 5) is 2.46. The van der Waals surface area contributed by atoms with Crippen LogP contribution in [0.3, 0.4) is 0 Å². The van der Waals surface area contributed by atoms with Gasteiger partial charge < -0.3 is 4.74 Å². The van der Waals surface area contributed by atoms with Crippen molar-refractivity contribution in [1.82, 2.24) is 4.90 Å². The highest BCUT2D eigenvalue weighted by atomic mass is 16.5. The average molecular weight is 167 g/mol. The summed E-state index contributed by atoms with van der Waals surface area (Å²) in [5.74, 6) is 1.22. The third kappa shape index (κ3) is 1.14. The molecule has 1 fully saturated rings. The molecule has 0 saturated carbocycles. The van der Waals surface area contributed by atoms with E-state index in [1.807, 2.05) is 0 Å². The molecule has 0 aromatic carbocycles. The van der Waals surface area contributed by atoms with Crippen LogP contribution in [-0.2, 0) is 4.74 Å². The Hall–Kier alpha value is -0.500. The van der Waals surface area contributed by atoms with Gasteiger partial charge in [0.1, 0.15) is 5.76 Å². The fraction of sp³-hybridized carbons (Fsp3) is 0.800. The van der Waals surface area contributed by atoms with Crippen LogP contribution in [0.4, 0.5) is 0 Å². The molecule has 0 aromatic rings. The highest BCUT2D eigenvalue weighted by Crippen LogP contribution is 2.34. The molecule has 2 heteroatoms. The van der Waals surface area contributed by atoms with Crippen molar-refractivity contribution in [3.05, 3.63) is 11.8 Å². The second kappa shape index (κ2) is 3.09. The van der Waals surface area contributed by atoms with E-state index in [0.29, 0.717) is 6.04 Å². The first-order valence-electron chi connectivity index (χ1n) is 4.87. The zero-order chi connectivity index (χ0) is 8.55. The number of ether oxygens (including phenoxy) is 1. The van der Waals surface area contributed by atoms with Crippen molar-refractivity contribution >= 4 is 0 Å². The van der Waals surface area contributed by atoms with Crippen LogP contribution in [0, 0.1) is 0 Å². The van der Waals surface area contributed by atoms with Crippen molar-refractivity contribution in [2.45, 2.75) is 38.3 Å². The number of rotatable bonds is 2. The summed E-state index contributed by atoms with van der Waals surface area (Å²) in [5, 5.41) is 0. The molecule has 0 radical (unpaired) electrons. The van der Waals surface area contributed by atoms with E-state index in [2.05, 4.69) is 24.9 Å². The molecule has 68 valence electrons. The minimum Gasteiger partial charge on any atom is -0.497 e. The molecular weight excluding hydrogens is 150 g/mol. The van der Waals surface area contributed by atoms with Gasteiger partial charge in [0.2, 0.25) is 0 Å². The maximum absolute atomic E-state index is 5.60. The van der Waals surface area contributed by atoms with E-state index in [1.54, 1.807) is 0 Å². The molecule has 2 atom stereocenters. The van der Waals surface area contributed by atoms with Crippen LogP contribution in [-0.4, -0.2) is 30.6 Å². The normalized spacial score (nSPS) is 35.0. The zero-order valence-corrected chi connectivity index (χ0v) is 7.92. The van der Waals surface area contributed by atoms with E-state index in [1.165, 1.54) is 25.0 Å². The molecule has 2 nitrogen and oxygen atoms in total. The van der Waals surface area contributed by atoms with Crippen LogP contribution in [0.1, 0.15) is 26.2 Å². The number of likely N-dealkylation sites (N-methyl/N-ethyl adjacent to an activating group) is 1. The third-order valence-electron chi connectivity index (χ3n) is 3.07. The highest BCUT2D eigenvalue weighted by molar-refractivity contribution is 5.14. The molecule has 0 N–H and O–H groups in total. The van der Waals surface area contributed by atoms with Crippen molar-refractivity contribution < 1.29 is 4.74 Å². The van der Waals surface area contributed by atoms with Crippen molar-refractivity contribution in [3.63, 3.8) is 0 Å². The lowest BCUT2D eigenvalue weighted by atomic mass is 10.1. The minimum atomic E-state index is 0.587. The predicted molar refractivity (Wildman–Crippen MR) is 48.9 cm³/mol. The maximum atomic E-state index is 5.60. The molecule has 12 heavy (non-hydrogen) atoms. The summed E-state index contributed by atoms with van der Waals surface area (Å²) in [7, 11) is 2.22. The molecule has 0 spiro atoms. The molecule has 0 amide bonds. The number of hydrogen-bond acceptors (Lipinski definition) is 2. The van der Waals surface area contributed by atoms with Gasteiger partial charge in [-0.25, -0.2) is 0 Å². The lowest BCUT2D eigenvalue weighted by Crippen LogP contribution is -2.37. The van der Waals surface area contributed by atoms with Gasteiger partial charge >= 0.3 is 0 Å². The topological polar surface area (TPSA) is 12.5 Å². The molecule has 2 aliphatic rings. The Bertz CT molecular complexity index is 200. The van der Waals surface area contributed by atoms with E-state index in [4.69, 9.17) is 4.74 Å². The van der Waals surface area contributed by atoms with Gasteiger partial charge in [-0.1, -0.05) is 0 Å². The summed E-state index contributed by atoms with van der Waals surface area (Å²) in [5.41, 5.74) is 0. The average Bonchev–Trinajstić information content (AvgIpc) is 2.33. The first kappa shape index (κ1) is 8.11. The van der Waals surface area contributed by atoms with Gasteiger partial charge in [-0.3, -0.25) is 4.90 Å². The second-order valence-electron chi connectivity index (χ2n) is 3.69. The largest absolute Gasteiger partial charge is 0.497 e. The maximum Gasteiger partial charge on any atom is 0.109 e. The van der Waals surface area contributed by atoms with Crippen LogP contribution in [0.2, 0.25) is 0 Å². The standard InChI is InChI=1S/C10H17NO/c1-3-12-10-7-5-8-4-6-9(10)11(8)2/h7-9H,3-6H2,1-2H3/t8-,9+/m0/s1. The summed E-state index contributed by atoms with van der Waals surface area (Å²) < 4.78 is 5.60. The smallest absolute Gasteiger partial charge is 0.109 e. The zero-order valence-electron chi connectivity index (χ0n) is 7.92. The number of fused-ring (bicyclic) bond motifs is 2. The summed E-state index contributed by atoms with van der Waals surface area (Å²) >= 11 is 0. The molecular formula is C10H17NO. The quantitative estimate of drug-likeness (QED) is 0.621. The Balaban J connectivity index is 2.10. The fourth-order valence-electron chi connectivity index (χ4n) is 2.35. The predicted octanol–water partition coefficient (Wildman–Crippen LogP) is 1.77. The minimum absolute atomic E-state index is 0.587. The SMILES string of the molecule is CCOC1=CC[C@@H]2CC[C@H]1N2C. The molecule has 2 bridgehead atoms. The summed E-state index contributed by atoms with van der Waals surface area (Å²) in [6.07, 6.45) is 6.09. The van der Waals surface area contributed by atoms with Gasteiger partial charge in [0.25, 0.3) is 0 Å². The number of nitrogens with zero attached hydrogens (tertiary/aromatic N) is 1. The van der Waals surface area contributed by atoms with Gasteiger partial charge in [-0.15, -0.1) is 0 Å². The van der Waals surface area contributed by atoms with E-state index < -0.39 is 0 Å². The molecule has 0 aliphatic carbocycles. The molecule has 2 heterocycles. The first-order chi connectivity index (χ1) is 5.83. The van der Waals surface area contributed by atoms with Crippen LogP contribution >= 0.6 is 0 Å². The molecule has 2 aliphatic heterocycles. The van der Waals surface area contributed by atoms with E-state index in [0.717, 1.165) is 12.6 Å². The Morgan fingerprint density at radius 3 is 3.17 bits per heavy atom. The lowest BCUT2D eigenvalue weighted by molar-refractivity contribution is 0.138. The molecule has 1 saturated heterocycles. The van der Waals surface area contributed by atoms with E-state index in [-0.39, 0.29) is 0 Å². The van der Waals surface area contributed by atoms with Crippen LogP contribution in [0.15, 0.2) is 11.8 Å². The Morgan fingerprint density at radius 1 is 1.58 bits per heavy atom. The van der Waals surface area contributed by atoms with Crippen molar-refractivity contribution in [2.24, 2.45) is 0 Å². The Kier molecular flexibility index (Phi) is 2.09. The third-order valence-corrected chi connectivity index (χ3v) is 3.07. The van der Waals surface area contributed by atoms with Gasteiger partial charge in [0.05, 0.1) is 12.6 Å². The van der Waals surface area contributed by atoms with Crippen LogP contribution < -0.4 is 0 Å². The fourth-order valence-corrected chi connectivity index (χ4v) is 2.35. The van der Waals surface area contributed by atoms with Gasteiger partial charge in [0, 0.05) is 6.04 Å². The molecule has 2 rings (SSSR count). The lowest BCUT2D eigenvalue weighted by Gasteiger charge is -2.30.